The van der Waals surface area contributed by atoms with Crippen molar-refractivity contribution in [3.63, 3.8) is 0 Å². The van der Waals surface area contributed by atoms with Gasteiger partial charge < -0.3 is 9.64 Å². The van der Waals surface area contributed by atoms with Crippen LogP contribution in [0.3, 0.4) is 0 Å². The van der Waals surface area contributed by atoms with Crippen molar-refractivity contribution in [3.05, 3.63) is 34.4 Å². The molecule has 0 N–H and O–H groups in total. The molecule has 3 aliphatic carbocycles. The second-order valence-electron chi connectivity index (χ2n) is 11.0. The molecular weight excluding hydrogens is 392 g/mol. The summed E-state index contributed by atoms with van der Waals surface area (Å²) in [5.74, 6) is 3.13. The van der Waals surface area contributed by atoms with Crippen LogP contribution in [0.4, 0.5) is 5.69 Å². The SMILES string of the molecule is CN1C(=O)CC[C@]2(C)[C@H]3CC[C@]4(C)[C@@H](Oc5ccc([N+](=O)[O-])cc5)CC[C@H]4[C@@H]3CC[C@@H]12. The summed E-state index contributed by atoms with van der Waals surface area (Å²) >= 11 is 0. The first kappa shape index (κ1) is 20.8. The number of piperidine rings is 1. The highest BCUT2D eigenvalue weighted by molar-refractivity contribution is 5.77. The van der Waals surface area contributed by atoms with Gasteiger partial charge in [0.2, 0.25) is 5.91 Å². The first-order valence-electron chi connectivity index (χ1n) is 11.9. The molecule has 31 heavy (non-hydrogen) atoms. The van der Waals surface area contributed by atoms with E-state index in [0.717, 1.165) is 31.4 Å². The Kier molecular flexibility index (Phi) is 4.83. The maximum Gasteiger partial charge on any atom is 0.269 e. The fourth-order valence-electron chi connectivity index (χ4n) is 8.11. The molecule has 1 aromatic rings. The van der Waals surface area contributed by atoms with Crippen LogP contribution in [0.2, 0.25) is 0 Å². The number of carbonyl (C=O) groups excluding carboxylic acids is 1. The Morgan fingerprint density at radius 2 is 1.71 bits per heavy atom. The molecule has 1 saturated heterocycles. The number of rotatable bonds is 3. The number of hydrogen-bond acceptors (Lipinski definition) is 4. The van der Waals surface area contributed by atoms with Crippen molar-refractivity contribution in [2.75, 3.05) is 7.05 Å². The zero-order valence-corrected chi connectivity index (χ0v) is 18.9. The lowest BCUT2D eigenvalue weighted by molar-refractivity contribution is -0.384. The molecule has 168 valence electrons. The molecule has 7 atom stereocenters. The lowest BCUT2D eigenvalue weighted by Crippen LogP contribution is -2.61. The zero-order chi connectivity index (χ0) is 22.0. The number of carbonyl (C=O) groups is 1. The van der Waals surface area contributed by atoms with E-state index in [9.17, 15) is 14.9 Å². The predicted molar refractivity (Wildman–Crippen MR) is 118 cm³/mol. The summed E-state index contributed by atoms with van der Waals surface area (Å²) in [5.41, 5.74) is 0.497. The van der Waals surface area contributed by atoms with Gasteiger partial charge in [0.1, 0.15) is 11.9 Å². The highest BCUT2D eigenvalue weighted by Gasteiger charge is 2.61. The summed E-state index contributed by atoms with van der Waals surface area (Å²) in [5, 5.41) is 10.9. The molecule has 4 fully saturated rings. The van der Waals surface area contributed by atoms with Crippen molar-refractivity contribution in [1.29, 1.82) is 0 Å². The van der Waals surface area contributed by atoms with Crippen LogP contribution in [0, 0.1) is 38.7 Å². The monoisotopic (exact) mass is 426 g/mol. The Bertz CT molecular complexity index is 886. The van der Waals surface area contributed by atoms with Crippen molar-refractivity contribution in [1.82, 2.24) is 4.90 Å². The molecule has 0 bridgehead atoms. The number of nitro benzene ring substituents is 1. The molecule has 3 saturated carbocycles. The van der Waals surface area contributed by atoms with Gasteiger partial charge >= 0.3 is 0 Å². The van der Waals surface area contributed by atoms with Gasteiger partial charge in [0.05, 0.1) is 4.92 Å². The first-order chi connectivity index (χ1) is 14.7. The molecule has 1 amide bonds. The zero-order valence-electron chi connectivity index (χ0n) is 18.9. The lowest BCUT2D eigenvalue weighted by atomic mass is 9.47. The van der Waals surface area contributed by atoms with Gasteiger partial charge in [-0.2, -0.15) is 0 Å². The van der Waals surface area contributed by atoms with Gasteiger partial charge in [0.25, 0.3) is 5.69 Å². The van der Waals surface area contributed by atoms with Gasteiger partial charge in [-0.3, -0.25) is 14.9 Å². The molecule has 0 radical (unpaired) electrons. The van der Waals surface area contributed by atoms with Gasteiger partial charge in [-0.15, -0.1) is 0 Å². The Labute approximate surface area is 184 Å². The Morgan fingerprint density at radius 3 is 2.42 bits per heavy atom. The molecule has 4 aliphatic rings. The molecule has 1 aromatic carbocycles. The number of fused-ring (bicyclic) bond motifs is 5. The van der Waals surface area contributed by atoms with Gasteiger partial charge in [0, 0.05) is 37.1 Å². The van der Waals surface area contributed by atoms with Gasteiger partial charge in [0.15, 0.2) is 0 Å². The fourth-order valence-corrected chi connectivity index (χ4v) is 8.11. The molecule has 1 aliphatic heterocycles. The van der Waals surface area contributed by atoms with Crippen molar-refractivity contribution in [2.24, 2.45) is 28.6 Å². The van der Waals surface area contributed by atoms with Crippen molar-refractivity contribution < 1.29 is 14.5 Å². The van der Waals surface area contributed by atoms with Crippen LogP contribution in [0.25, 0.3) is 0 Å². The smallest absolute Gasteiger partial charge is 0.269 e. The topological polar surface area (TPSA) is 72.7 Å². The van der Waals surface area contributed by atoms with Gasteiger partial charge in [-0.1, -0.05) is 13.8 Å². The second-order valence-corrected chi connectivity index (χ2v) is 11.0. The van der Waals surface area contributed by atoms with Crippen molar-refractivity contribution in [2.45, 2.75) is 77.4 Å². The van der Waals surface area contributed by atoms with E-state index in [1.54, 1.807) is 12.1 Å². The van der Waals surface area contributed by atoms with E-state index >= 15 is 0 Å². The third kappa shape index (κ3) is 3.08. The van der Waals surface area contributed by atoms with E-state index in [1.165, 1.54) is 31.4 Å². The molecule has 6 nitrogen and oxygen atoms in total. The third-order valence-corrected chi connectivity index (χ3v) is 9.80. The average molecular weight is 427 g/mol. The summed E-state index contributed by atoms with van der Waals surface area (Å²) in [6.45, 7) is 4.88. The molecule has 5 rings (SSSR count). The third-order valence-electron chi connectivity index (χ3n) is 9.80. The number of amides is 1. The summed E-state index contributed by atoms with van der Waals surface area (Å²) < 4.78 is 6.45. The normalized spacial score (nSPS) is 41.8. The minimum atomic E-state index is -0.370. The minimum Gasteiger partial charge on any atom is -0.490 e. The standard InChI is InChI=1S/C25H34N2O4/c1-24-15-13-23(28)26(3)21(24)10-8-18-19-9-11-22(25(19,2)14-12-20(18)24)31-17-6-4-16(5-7-17)27(29)30/h4-7,18-22H,8-15H2,1-3H3/t18-,19-,20-,21+,22-,24+,25-/m0/s1. The largest absolute Gasteiger partial charge is 0.490 e. The van der Waals surface area contributed by atoms with E-state index in [0.29, 0.717) is 36.1 Å². The maximum absolute atomic E-state index is 12.3. The highest BCUT2D eigenvalue weighted by Crippen LogP contribution is 2.65. The van der Waals surface area contributed by atoms with Crippen LogP contribution in [0.15, 0.2) is 24.3 Å². The number of nitro groups is 1. The van der Waals surface area contributed by atoms with Gasteiger partial charge in [-0.25, -0.2) is 0 Å². The molecule has 6 heteroatoms. The fraction of sp³-hybridized carbons (Fsp3) is 0.720. The molecular formula is C25H34N2O4. The summed E-state index contributed by atoms with van der Waals surface area (Å²) in [6, 6.07) is 6.94. The van der Waals surface area contributed by atoms with E-state index in [-0.39, 0.29) is 27.5 Å². The molecule has 0 unspecified atom stereocenters. The van der Waals surface area contributed by atoms with E-state index < -0.39 is 0 Å². The highest BCUT2D eigenvalue weighted by atomic mass is 16.6. The first-order valence-corrected chi connectivity index (χ1v) is 11.9. The number of ether oxygens (including phenoxy) is 1. The van der Waals surface area contributed by atoms with E-state index in [2.05, 4.69) is 18.7 Å². The molecule has 0 spiro atoms. The number of non-ortho nitro benzene ring substituents is 1. The molecule has 0 aromatic heterocycles. The summed E-state index contributed by atoms with van der Waals surface area (Å²) in [4.78, 5) is 25.0. The van der Waals surface area contributed by atoms with E-state index in [1.807, 2.05) is 7.05 Å². The number of hydrogen-bond donors (Lipinski definition) is 0. The number of likely N-dealkylation sites (tertiary alicyclic amines) is 1. The average Bonchev–Trinajstić information content (AvgIpc) is 3.08. The van der Waals surface area contributed by atoms with Crippen LogP contribution in [-0.2, 0) is 4.79 Å². The van der Waals surface area contributed by atoms with Crippen molar-refractivity contribution in [3.8, 4) is 5.75 Å². The van der Waals surface area contributed by atoms with Crippen LogP contribution < -0.4 is 4.74 Å². The van der Waals surface area contributed by atoms with Crippen LogP contribution >= 0.6 is 0 Å². The molecule has 1 heterocycles. The van der Waals surface area contributed by atoms with Crippen LogP contribution in [0.5, 0.6) is 5.75 Å². The van der Waals surface area contributed by atoms with E-state index in [4.69, 9.17) is 4.74 Å². The summed E-state index contributed by atoms with van der Waals surface area (Å²) in [7, 11) is 2.02. The van der Waals surface area contributed by atoms with Gasteiger partial charge in [-0.05, 0) is 80.2 Å². The van der Waals surface area contributed by atoms with Crippen molar-refractivity contribution >= 4 is 11.6 Å². The van der Waals surface area contributed by atoms with Crippen LogP contribution in [-0.4, -0.2) is 34.9 Å². The number of benzene rings is 1. The summed E-state index contributed by atoms with van der Waals surface area (Å²) in [6.07, 6.45) is 8.87. The Hall–Kier alpha value is -2.11. The lowest BCUT2D eigenvalue weighted by Gasteiger charge is -2.61. The second kappa shape index (κ2) is 7.21. The number of nitrogens with zero attached hydrogens (tertiary/aromatic N) is 2. The quantitative estimate of drug-likeness (QED) is 0.491. The minimum absolute atomic E-state index is 0.101. The van der Waals surface area contributed by atoms with Crippen LogP contribution in [0.1, 0.15) is 65.2 Å². The Balaban J connectivity index is 1.35. The maximum atomic E-state index is 12.3. The Morgan fingerprint density at radius 1 is 1.00 bits per heavy atom. The predicted octanol–water partition coefficient (Wildman–Crippen LogP) is 5.21.